The van der Waals surface area contributed by atoms with E-state index in [9.17, 15) is 4.79 Å². The molecule has 116 valence electrons. The average molecular weight is 373 g/mol. The summed E-state index contributed by atoms with van der Waals surface area (Å²) < 4.78 is 8.33. The Hall–Kier alpha value is -2.02. The van der Waals surface area contributed by atoms with Crippen molar-refractivity contribution in [3.8, 4) is 11.5 Å². The van der Waals surface area contributed by atoms with Crippen LogP contribution < -0.4 is 0 Å². The number of aromatic nitrogens is 4. The van der Waals surface area contributed by atoms with Crippen LogP contribution in [0, 0.1) is 11.8 Å². The fourth-order valence-electron chi connectivity index (χ4n) is 3.93. The number of hydrogen-bond acceptors (Lipinski definition) is 5. The van der Waals surface area contributed by atoms with Gasteiger partial charge in [-0.1, -0.05) is 21.1 Å². The molecule has 2 aliphatic carbocycles. The molecule has 0 spiro atoms. The van der Waals surface area contributed by atoms with Crippen LogP contribution in [0.5, 0.6) is 0 Å². The van der Waals surface area contributed by atoms with Gasteiger partial charge in [-0.2, -0.15) is 4.98 Å². The predicted molar refractivity (Wildman–Crippen MR) is 84.8 cm³/mol. The number of fused-ring (bicyclic) bond motifs is 3. The Balaban J connectivity index is 1.50. The van der Waals surface area contributed by atoms with Gasteiger partial charge in [-0.15, -0.1) is 0 Å². The SMILES string of the molecule is O=C1C[C@@H]2CC(c3nc(-c4cn5ccc(Br)cc5n4)no3)[C@H]1C2. The van der Waals surface area contributed by atoms with Crippen LogP contribution >= 0.6 is 15.9 Å². The lowest BCUT2D eigenvalue weighted by molar-refractivity contribution is -0.122. The van der Waals surface area contributed by atoms with Gasteiger partial charge in [0.1, 0.15) is 17.1 Å². The number of imidazole rings is 1. The highest BCUT2D eigenvalue weighted by Gasteiger charge is 2.48. The van der Waals surface area contributed by atoms with E-state index in [1.165, 1.54) is 0 Å². The van der Waals surface area contributed by atoms with Crippen molar-refractivity contribution in [2.24, 2.45) is 11.8 Å². The maximum absolute atomic E-state index is 11.9. The second-order valence-electron chi connectivity index (χ2n) is 6.41. The van der Waals surface area contributed by atoms with Crippen LogP contribution in [0.2, 0.25) is 0 Å². The number of ketones is 1. The molecule has 3 aromatic heterocycles. The summed E-state index contributed by atoms with van der Waals surface area (Å²) in [6, 6.07) is 3.88. The molecule has 2 fully saturated rings. The van der Waals surface area contributed by atoms with Crippen LogP contribution in [0.15, 0.2) is 33.5 Å². The van der Waals surface area contributed by atoms with Crippen LogP contribution in [0.1, 0.15) is 31.1 Å². The Bertz CT molecular complexity index is 931. The van der Waals surface area contributed by atoms with Gasteiger partial charge in [0.2, 0.25) is 11.7 Å². The Kier molecular flexibility index (Phi) is 2.76. The van der Waals surface area contributed by atoms with E-state index in [1.54, 1.807) is 0 Å². The van der Waals surface area contributed by atoms with E-state index >= 15 is 0 Å². The van der Waals surface area contributed by atoms with Gasteiger partial charge in [-0.3, -0.25) is 4.79 Å². The third kappa shape index (κ3) is 2.06. The summed E-state index contributed by atoms with van der Waals surface area (Å²) in [6.07, 6.45) is 6.48. The van der Waals surface area contributed by atoms with Crippen molar-refractivity contribution in [3.05, 3.63) is 34.9 Å². The first-order valence-corrected chi connectivity index (χ1v) is 8.47. The Morgan fingerprint density at radius 3 is 2.96 bits per heavy atom. The van der Waals surface area contributed by atoms with Gasteiger partial charge in [-0.25, -0.2) is 4.98 Å². The molecule has 1 unspecified atom stereocenters. The van der Waals surface area contributed by atoms with Crippen LogP contribution in [0.25, 0.3) is 17.2 Å². The van der Waals surface area contributed by atoms with Gasteiger partial charge in [0.25, 0.3) is 0 Å². The van der Waals surface area contributed by atoms with Gasteiger partial charge in [0, 0.05) is 35.1 Å². The highest BCUT2D eigenvalue weighted by atomic mass is 79.9. The smallest absolute Gasteiger partial charge is 0.230 e. The molecule has 0 amide bonds. The summed E-state index contributed by atoms with van der Waals surface area (Å²) in [5.74, 6) is 2.08. The van der Waals surface area contributed by atoms with Gasteiger partial charge in [0.05, 0.1) is 0 Å². The largest absolute Gasteiger partial charge is 0.339 e. The molecule has 3 atom stereocenters. The topological polar surface area (TPSA) is 73.3 Å². The number of halogens is 1. The lowest BCUT2D eigenvalue weighted by atomic mass is 9.88. The molecular weight excluding hydrogens is 360 g/mol. The van der Waals surface area contributed by atoms with Crippen molar-refractivity contribution in [2.45, 2.75) is 25.2 Å². The average Bonchev–Trinajstić information content (AvgIpc) is 3.27. The maximum atomic E-state index is 11.9. The van der Waals surface area contributed by atoms with Gasteiger partial charge >= 0.3 is 0 Å². The molecule has 0 aliphatic heterocycles. The summed E-state index contributed by atoms with van der Waals surface area (Å²) in [4.78, 5) is 21.0. The molecule has 3 aromatic rings. The van der Waals surface area contributed by atoms with Crippen LogP contribution in [-0.2, 0) is 4.79 Å². The van der Waals surface area contributed by atoms with Crippen molar-refractivity contribution in [2.75, 3.05) is 0 Å². The van der Waals surface area contributed by atoms with Crippen molar-refractivity contribution < 1.29 is 9.32 Å². The zero-order chi connectivity index (χ0) is 15.6. The lowest BCUT2D eigenvalue weighted by Crippen LogP contribution is -2.18. The quantitative estimate of drug-likeness (QED) is 0.690. The van der Waals surface area contributed by atoms with Crippen LogP contribution in [-0.4, -0.2) is 25.3 Å². The highest BCUT2D eigenvalue weighted by molar-refractivity contribution is 9.10. The number of carbonyl (C=O) groups is 1. The van der Waals surface area contributed by atoms with Gasteiger partial charge < -0.3 is 8.92 Å². The van der Waals surface area contributed by atoms with Gasteiger partial charge in [0.15, 0.2) is 0 Å². The van der Waals surface area contributed by atoms with Crippen molar-refractivity contribution in [1.29, 1.82) is 0 Å². The highest BCUT2D eigenvalue weighted by Crippen LogP contribution is 2.50. The molecule has 2 saturated carbocycles. The molecule has 7 heteroatoms. The van der Waals surface area contributed by atoms with E-state index < -0.39 is 0 Å². The minimum absolute atomic E-state index is 0.0744. The zero-order valence-corrected chi connectivity index (χ0v) is 13.7. The Labute approximate surface area is 140 Å². The van der Waals surface area contributed by atoms with Gasteiger partial charge in [-0.05, 0) is 30.9 Å². The Morgan fingerprint density at radius 1 is 1.26 bits per heavy atom. The summed E-state index contributed by atoms with van der Waals surface area (Å²) in [7, 11) is 0. The molecule has 0 radical (unpaired) electrons. The third-order valence-electron chi connectivity index (χ3n) is 4.97. The number of hydrogen-bond donors (Lipinski definition) is 0. The van der Waals surface area contributed by atoms with Crippen LogP contribution in [0.3, 0.4) is 0 Å². The van der Waals surface area contributed by atoms with Crippen molar-refractivity contribution >= 4 is 27.4 Å². The number of nitrogens with zero attached hydrogens (tertiary/aromatic N) is 4. The first kappa shape index (κ1) is 13.4. The molecular formula is C16H13BrN4O2. The third-order valence-corrected chi connectivity index (χ3v) is 5.47. The normalized spacial score (nSPS) is 26.5. The van der Waals surface area contributed by atoms with E-state index in [1.807, 2.05) is 28.9 Å². The molecule has 5 rings (SSSR count). The minimum Gasteiger partial charge on any atom is -0.339 e. The van der Waals surface area contributed by atoms with E-state index in [4.69, 9.17) is 4.52 Å². The summed E-state index contributed by atoms with van der Waals surface area (Å²) in [6.45, 7) is 0. The number of rotatable bonds is 2. The first-order chi connectivity index (χ1) is 11.2. The minimum atomic E-state index is 0.0744. The second kappa shape index (κ2) is 4.74. The number of Topliss-reactive ketones (excluding diaryl/α,β-unsaturated/α-hetero) is 1. The molecule has 0 N–H and O–H groups in total. The lowest BCUT2D eigenvalue weighted by Gasteiger charge is -2.16. The van der Waals surface area contributed by atoms with E-state index in [2.05, 4.69) is 31.1 Å². The number of pyridine rings is 1. The summed E-state index contributed by atoms with van der Waals surface area (Å²) in [5, 5.41) is 4.07. The summed E-state index contributed by atoms with van der Waals surface area (Å²) in [5.41, 5.74) is 1.49. The first-order valence-electron chi connectivity index (χ1n) is 7.68. The van der Waals surface area contributed by atoms with E-state index in [0.29, 0.717) is 29.1 Å². The molecule has 2 bridgehead atoms. The molecule has 0 saturated heterocycles. The second-order valence-corrected chi connectivity index (χ2v) is 7.33. The van der Waals surface area contributed by atoms with E-state index in [0.717, 1.165) is 29.4 Å². The van der Waals surface area contributed by atoms with E-state index in [-0.39, 0.29) is 11.8 Å². The molecule has 6 nitrogen and oxygen atoms in total. The molecule has 23 heavy (non-hydrogen) atoms. The monoisotopic (exact) mass is 372 g/mol. The summed E-state index contributed by atoms with van der Waals surface area (Å²) >= 11 is 3.44. The standard InChI is InChI=1S/C16H13BrN4O2/c17-9-1-2-21-7-12(18-14(21)6-9)15-19-16(23-20-15)11-4-8-3-10(11)13(22)5-8/h1-2,6-8,10-11H,3-5H2/t8-,10+,11?/m0/s1. The molecule has 2 aliphatic rings. The van der Waals surface area contributed by atoms with Crippen LogP contribution in [0.4, 0.5) is 0 Å². The van der Waals surface area contributed by atoms with Crippen molar-refractivity contribution in [1.82, 2.24) is 19.5 Å². The molecule has 0 aromatic carbocycles. The fourth-order valence-corrected chi connectivity index (χ4v) is 4.25. The number of carbonyl (C=O) groups excluding carboxylic acids is 1. The maximum Gasteiger partial charge on any atom is 0.230 e. The Morgan fingerprint density at radius 2 is 2.13 bits per heavy atom. The fraction of sp³-hybridized carbons (Fsp3) is 0.375. The van der Waals surface area contributed by atoms with Crippen molar-refractivity contribution in [3.63, 3.8) is 0 Å². The predicted octanol–water partition coefficient (Wildman–Crippen LogP) is 3.23. The molecule has 3 heterocycles. The zero-order valence-electron chi connectivity index (χ0n) is 12.1.